The van der Waals surface area contributed by atoms with Crippen LogP contribution in [-0.4, -0.2) is 49.2 Å². The minimum atomic E-state index is -0.869. The number of hydrogen-bond donors (Lipinski definition) is 2. The van der Waals surface area contributed by atoms with Crippen LogP contribution in [0.15, 0.2) is 120 Å². The molecule has 6 aromatic rings. The van der Waals surface area contributed by atoms with Gasteiger partial charge < -0.3 is 20.5 Å². The van der Waals surface area contributed by atoms with Gasteiger partial charge in [0.25, 0.3) is 0 Å². The standard InChI is InChI=1S/C32H27N7O4S/c40-21-12-22-43-35-28(30(41)38-26-19-10-11-20-27(26)39(42)37-38)29-33-31(44-36-29)34-32(23-13-4-1-5-14-23,24-15-6-2-7-16-24)25-17-8-3-9-18-25/h1-11,13-20,40H,12,21-22H2,(H,33,34,36). The number of para-hydroxylation sites is 2. The molecule has 0 radical (unpaired) electrons. The van der Waals surface area contributed by atoms with Gasteiger partial charge in [0.15, 0.2) is 0 Å². The molecule has 0 fully saturated rings. The van der Waals surface area contributed by atoms with Gasteiger partial charge in [-0.05, 0) is 28.8 Å². The summed E-state index contributed by atoms with van der Waals surface area (Å²) in [6.07, 6.45) is 0.307. The lowest BCUT2D eigenvalue weighted by molar-refractivity contribution is -0.645. The second-order valence-corrected chi connectivity index (χ2v) is 10.5. The summed E-state index contributed by atoms with van der Waals surface area (Å²) in [5.74, 6) is -0.754. The largest absolute Gasteiger partial charge is 0.691 e. The number of nitrogens with one attached hydrogen (secondary N) is 1. The van der Waals surface area contributed by atoms with Crippen molar-refractivity contribution in [2.75, 3.05) is 18.5 Å². The van der Waals surface area contributed by atoms with Gasteiger partial charge in [0, 0.05) is 24.6 Å². The molecule has 0 saturated heterocycles. The molecule has 0 aliphatic carbocycles. The minimum Gasteiger partial charge on any atom is -0.691 e. The summed E-state index contributed by atoms with van der Waals surface area (Å²) in [6, 6.07) is 36.6. The first-order valence-electron chi connectivity index (χ1n) is 13.8. The summed E-state index contributed by atoms with van der Waals surface area (Å²) in [4.78, 5) is 24.2. The van der Waals surface area contributed by atoms with E-state index in [0.29, 0.717) is 21.9 Å². The van der Waals surface area contributed by atoms with Crippen LogP contribution in [0.4, 0.5) is 5.13 Å². The van der Waals surface area contributed by atoms with Crippen molar-refractivity contribution in [1.82, 2.24) is 19.3 Å². The zero-order valence-electron chi connectivity index (χ0n) is 23.4. The first-order chi connectivity index (χ1) is 21.6. The Balaban J connectivity index is 1.44. The third kappa shape index (κ3) is 5.51. The molecule has 12 heteroatoms. The number of nitrogens with zero attached hydrogens (tertiary/aromatic N) is 6. The summed E-state index contributed by atoms with van der Waals surface area (Å²) >= 11 is 1.06. The lowest BCUT2D eigenvalue weighted by Gasteiger charge is -2.36. The average molecular weight is 606 g/mol. The molecule has 0 aliphatic rings. The van der Waals surface area contributed by atoms with Crippen LogP contribution in [-0.2, 0) is 10.4 Å². The topological polar surface area (TPSA) is 141 Å². The first kappa shape index (κ1) is 28.6. The van der Waals surface area contributed by atoms with Crippen LogP contribution >= 0.6 is 11.5 Å². The Kier molecular flexibility index (Phi) is 8.34. The molecule has 0 atom stereocenters. The van der Waals surface area contributed by atoms with Crippen molar-refractivity contribution in [3.05, 3.63) is 143 Å². The van der Waals surface area contributed by atoms with Gasteiger partial charge in [-0.25, -0.2) is 4.79 Å². The van der Waals surface area contributed by atoms with Crippen molar-refractivity contribution < 1.29 is 19.6 Å². The van der Waals surface area contributed by atoms with Gasteiger partial charge in [0.1, 0.15) is 17.4 Å². The van der Waals surface area contributed by atoms with Crippen molar-refractivity contribution in [2.45, 2.75) is 12.0 Å². The minimum absolute atomic E-state index is 0.00777. The van der Waals surface area contributed by atoms with Gasteiger partial charge >= 0.3 is 5.91 Å². The second kappa shape index (κ2) is 12.8. The number of aliphatic hydroxyl groups is 1. The molecule has 0 bridgehead atoms. The first-order valence-corrected chi connectivity index (χ1v) is 14.6. The van der Waals surface area contributed by atoms with Crippen molar-refractivity contribution in [3.8, 4) is 0 Å². The fourth-order valence-electron chi connectivity index (χ4n) is 4.96. The maximum Gasteiger partial charge on any atom is 0.392 e. The molecule has 0 amide bonds. The van der Waals surface area contributed by atoms with Crippen LogP contribution in [0.5, 0.6) is 0 Å². The predicted molar refractivity (Wildman–Crippen MR) is 166 cm³/mol. The van der Waals surface area contributed by atoms with E-state index in [9.17, 15) is 15.1 Å². The average Bonchev–Trinajstić information content (AvgIpc) is 3.68. The number of carbonyl (C=O) groups is 1. The number of benzene rings is 4. The second-order valence-electron chi connectivity index (χ2n) is 9.71. The molecule has 44 heavy (non-hydrogen) atoms. The lowest BCUT2D eigenvalue weighted by Crippen LogP contribution is -2.38. The summed E-state index contributed by atoms with van der Waals surface area (Å²) in [7, 11) is 0. The highest BCUT2D eigenvalue weighted by Gasteiger charge is 2.38. The van der Waals surface area contributed by atoms with E-state index in [-0.39, 0.29) is 30.3 Å². The Hall–Kier alpha value is -5.46. The predicted octanol–water partition coefficient (Wildman–Crippen LogP) is 4.37. The van der Waals surface area contributed by atoms with E-state index in [1.807, 2.05) is 91.0 Å². The van der Waals surface area contributed by atoms with Crippen LogP contribution in [0.1, 0.15) is 33.7 Å². The van der Waals surface area contributed by atoms with E-state index in [4.69, 9.17) is 9.82 Å². The monoisotopic (exact) mass is 605 g/mol. The molecule has 4 aromatic carbocycles. The quantitative estimate of drug-likeness (QED) is 0.0554. The zero-order chi connectivity index (χ0) is 30.4. The van der Waals surface area contributed by atoms with Gasteiger partial charge in [-0.3, -0.25) is 0 Å². The number of rotatable bonds is 11. The Morgan fingerprint density at radius 2 is 1.48 bits per heavy atom. The molecule has 2 N–H and O–H groups in total. The van der Waals surface area contributed by atoms with E-state index in [2.05, 4.69) is 20.1 Å². The maximum atomic E-state index is 13.8. The van der Waals surface area contributed by atoms with Gasteiger partial charge in [0.2, 0.25) is 27.7 Å². The molecule has 0 unspecified atom stereocenters. The smallest absolute Gasteiger partial charge is 0.392 e. The molecule has 220 valence electrons. The Bertz CT molecular complexity index is 1800. The van der Waals surface area contributed by atoms with E-state index < -0.39 is 11.4 Å². The number of fused-ring (bicyclic) bond motifs is 1. The van der Waals surface area contributed by atoms with E-state index >= 15 is 0 Å². The van der Waals surface area contributed by atoms with Crippen LogP contribution in [0.3, 0.4) is 0 Å². The van der Waals surface area contributed by atoms with Crippen molar-refractivity contribution in [1.29, 1.82) is 0 Å². The van der Waals surface area contributed by atoms with Crippen LogP contribution in [0.25, 0.3) is 11.0 Å². The fraction of sp³-hybridized carbons (Fsp3) is 0.125. The van der Waals surface area contributed by atoms with Crippen LogP contribution in [0.2, 0.25) is 0 Å². The number of aromatic nitrogens is 5. The Morgan fingerprint density at radius 1 is 0.909 bits per heavy atom. The van der Waals surface area contributed by atoms with Crippen molar-refractivity contribution in [3.63, 3.8) is 0 Å². The molecule has 0 spiro atoms. The highest BCUT2D eigenvalue weighted by molar-refractivity contribution is 7.09. The molecular weight excluding hydrogens is 578 g/mol. The molecule has 2 heterocycles. The summed E-state index contributed by atoms with van der Waals surface area (Å²) in [5.41, 5.74) is 2.30. The third-order valence-electron chi connectivity index (χ3n) is 6.98. The number of carbonyl (C=O) groups excluding carboxylic acids is 1. The molecule has 2 aromatic heterocycles. The third-order valence-corrected chi connectivity index (χ3v) is 7.61. The van der Waals surface area contributed by atoms with Crippen molar-refractivity contribution in [2.24, 2.45) is 5.16 Å². The van der Waals surface area contributed by atoms with Gasteiger partial charge in [-0.1, -0.05) is 113 Å². The van der Waals surface area contributed by atoms with Gasteiger partial charge in [0.05, 0.1) is 0 Å². The van der Waals surface area contributed by atoms with Crippen molar-refractivity contribution >= 4 is 39.3 Å². The van der Waals surface area contributed by atoms with E-state index in [0.717, 1.165) is 32.9 Å². The van der Waals surface area contributed by atoms with Gasteiger partial charge in [-0.2, -0.15) is 9.36 Å². The lowest BCUT2D eigenvalue weighted by atomic mass is 9.77. The number of aliphatic hydroxyl groups excluding tert-OH is 1. The molecule has 0 aliphatic heterocycles. The highest BCUT2D eigenvalue weighted by Crippen LogP contribution is 2.40. The summed E-state index contributed by atoms with van der Waals surface area (Å²) < 4.78 is 5.43. The molecule has 11 nitrogen and oxygen atoms in total. The number of anilines is 1. The van der Waals surface area contributed by atoms with E-state index in [1.165, 1.54) is 0 Å². The maximum absolute atomic E-state index is 13.8. The zero-order valence-corrected chi connectivity index (χ0v) is 24.2. The molecular formula is C32H27N7O4S. The highest BCUT2D eigenvalue weighted by atomic mass is 32.1. The Labute approximate surface area is 256 Å². The number of hydrogen-bond acceptors (Lipinski definition) is 10. The van der Waals surface area contributed by atoms with Crippen LogP contribution in [0, 0.1) is 5.21 Å². The summed E-state index contributed by atoms with van der Waals surface area (Å²) in [5, 5.41) is 33.5. The SMILES string of the molecule is O=C(C(=NOCCCO)c1nsc(NC(c2ccccc2)(c2ccccc2)c2ccccc2)n1)n1n[n+]([O-])c2ccccc21. The van der Waals surface area contributed by atoms with Crippen LogP contribution < -0.4 is 10.2 Å². The fourth-order valence-corrected chi connectivity index (χ4v) is 5.59. The van der Waals surface area contributed by atoms with Gasteiger partial charge in [-0.15, -0.1) is 4.85 Å². The van der Waals surface area contributed by atoms with E-state index in [1.54, 1.807) is 24.3 Å². The normalized spacial score (nSPS) is 11.9. The Morgan fingerprint density at radius 3 is 2.07 bits per heavy atom. The molecule has 0 saturated carbocycles. The number of oxime groups is 1. The summed E-state index contributed by atoms with van der Waals surface area (Å²) in [6.45, 7) is -0.0502. The molecule has 6 rings (SSSR count).